The lowest BCUT2D eigenvalue weighted by atomic mass is 9.33. The Bertz CT molecular complexity index is 3290. The maximum Gasteiger partial charge on any atom is 0.252 e. The largest absolute Gasteiger partial charge is 0.399 e. The van der Waals surface area contributed by atoms with Crippen LogP contribution in [-0.2, 0) is 16.2 Å². The zero-order valence-corrected chi connectivity index (χ0v) is 40.9. The van der Waals surface area contributed by atoms with Gasteiger partial charge in [0.15, 0.2) is 0 Å². The van der Waals surface area contributed by atoms with E-state index in [9.17, 15) is 0 Å². The van der Waals surface area contributed by atoms with Crippen molar-refractivity contribution < 1.29 is 0 Å². The van der Waals surface area contributed by atoms with Crippen molar-refractivity contribution in [3.63, 3.8) is 0 Å². The van der Waals surface area contributed by atoms with Crippen molar-refractivity contribution in [1.82, 2.24) is 0 Å². The van der Waals surface area contributed by atoms with Gasteiger partial charge in [-0.3, -0.25) is 0 Å². The summed E-state index contributed by atoms with van der Waals surface area (Å²) in [6.45, 7) is 18.9. The summed E-state index contributed by atoms with van der Waals surface area (Å²) in [4.78, 5) is 7.90. The molecule has 8 aromatic carbocycles. The Kier molecular flexibility index (Phi) is 9.36. The number of nitrogens with two attached hydrogens (primary N) is 1. The lowest BCUT2D eigenvalue weighted by molar-refractivity contribution is 0.330. The fourth-order valence-corrected chi connectivity index (χ4v) is 12.5. The third-order valence-electron chi connectivity index (χ3n) is 16.4. The molecule has 4 aliphatic rings. The highest BCUT2D eigenvalue weighted by Crippen LogP contribution is 2.63. The van der Waals surface area contributed by atoms with Crippen LogP contribution in [0.5, 0.6) is 0 Å². The summed E-state index contributed by atoms with van der Waals surface area (Å²) in [5.41, 5.74) is 29.7. The van der Waals surface area contributed by atoms with Crippen LogP contribution in [0.2, 0.25) is 0 Å². The fourth-order valence-electron chi connectivity index (χ4n) is 12.5. The molecule has 3 aliphatic heterocycles. The van der Waals surface area contributed by atoms with Crippen LogP contribution in [0, 0.1) is 0 Å². The molecule has 2 unspecified atom stereocenters. The molecule has 12 rings (SSSR count). The summed E-state index contributed by atoms with van der Waals surface area (Å²) in [6, 6.07) is 66.6. The van der Waals surface area contributed by atoms with Crippen LogP contribution in [0.3, 0.4) is 0 Å². The molecule has 0 amide bonds. The first-order chi connectivity index (χ1) is 32.6. The molecule has 4 nitrogen and oxygen atoms in total. The molecule has 0 bridgehead atoms. The molecule has 1 aliphatic carbocycles. The number of fused-ring (bicyclic) bond motifs is 7. The van der Waals surface area contributed by atoms with Gasteiger partial charge in [-0.25, -0.2) is 0 Å². The first-order valence-corrected chi connectivity index (χ1v) is 24.7. The van der Waals surface area contributed by atoms with Crippen molar-refractivity contribution in [1.29, 1.82) is 0 Å². The minimum atomic E-state index is -0.165. The molecule has 0 spiro atoms. The predicted octanol–water partition coefficient (Wildman–Crippen LogP) is 14.6. The molecule has 2 N–H and O–H groups in total. The maximum atomic E-state index is 6.67. The Morgan fingerprint density at radius 1 is 0.456 bits per heavy atom. The normalized spacial score (nSPS) is 19.1. The first-order valence-electron chi connectivity index (χ1n) is 24.7. The predicted molar refractivity (Wildman–Crippen MR) is 291 cm³/mol. The van der Waals surface area contributed by atoms with Crippen molar-refractivity contribution in [2.24, 2.45) is 0 Å². The van der Waals surface area contributed by atoms with Crippen molar-refractivity contribution in [2.45, 2.75) is 96.4 Å². The molecular formula is C63H61BN4. The van der Waals surface area contributed by atoms with Gasteiger partial charge >= 0.3 is 0 Å². The second kappa shape index (κ2) is 15.0. The maximum absolute atomic E-state index is 6.67. The van der Waals surface area contributed by atoms with E-state index in [2.05, 4.69) is 246 Å². The average molecular weight is 885 g/mol. The zero-order valence-electron chi connectivity index (χ0n) is 40.9. The van der Waals surface area contributed by atoms with Gasteiger partial charge in [-0.05, 0) is 153 Å². The third kappa shape index (κ3) is 6.34. The van der Waals surface area contributed by atoms with Gasteiger partial charge in [-0.2, -0.15) is 0 Å². The van der Waals surface area contributed by atoms with Crippen LogP contribution in [0.25, 0.3) is 22.3 Å². The standard InChI is InChI=1S/C63H61BN4/c1-60(2,3)45-24-28-48(29-25-45)66-55-31-26-46(61(4,5)6)37-53(55)64-52-30-23-44(42-19-13-10-14-20-42)36-56(52)67(49-22-15-21-43(35-49)41-17-11-9-12-18-41)58-40-50(39-57(66)59(58)64)68-54-32-27-47(65)38-51(54)62(7)33-16-34-63(62,68)8/h9-15,17-32,35-40H,16,33-34,65H2,1-8H3. The molecule has 2 atom stereocenters. The lowest BCUT2D eigenvalue weighted by Crippen LogP contribution is -2.61. The smallest absolute Gasteiger partial charge is 0.252 e. The molecule has 5 heteroatoms. The Morgan fingerprint density at radius 3 is 1.72 bits per heavy atom. The van der Waals surface area contributed by atoms with Gasteiger partial charge in [0.05, 0.1) is 5.54 Å². The topological polar surface area (TPSA) is 35.7 Å². The van der Waals surface area contributed by atoms with Crippen LogP contribution in [0.4, 0.5) is 51.2 Å². The Hall–Kier alpha value is -6.98. The minimum Gasteiger partial charge on any atom is -0.399 e. The third-order valence-corrected chi connectivity index (χ3v) is 16.4. The second-order valence-electron chi connectivity index (χ2n) is 22.4. The summed E-state index contributed by atoms with van der Waals surface area (Å²) < 4.78 is 0. The lowest BCUT2D eigenvalue weighted by Gasteiger charge is -2.47. The highest BCUT2D eigenvalue weighted by Gasteiger charge is 2.60. The van der Waals surface area contributed by atoms with Gasteiger partial charge in [-0.1, -0.05) is 164 Å². The summed E-state index contributed by atoms with van der Waals surface area (Å²) in [5.74, 6) is 0. The van der Waals surface area contributed by atoms with Crippen LogP contribution >= 0.6 is 0 Å². The number of hydrogen-bond acceptors (Lipinski definition) is 4. The van der Waals surface area contributed by atoms with Crippen molar-refractivity contribution in [2.75, 3.05) is 20.4 Å². The van der Waals surface area contributed by atoms with E-state index in [1.807, 2.05) is 0 Å². The van der Waals surface area contributed by atoms with E-state index in [0.717, 1.165) is 29.9 Å². The molecule has 336 valence electrons. The van der Waals surface area contributed by atoms with Crippen molar-refractivity contribution >= 4 is 74.3 Å². The van der Waals surface area contributed by atoms with Gasteiger partial charge in [-0.15, -0.1) is 0 Å². The van der Waals surface area contributed by atoms with E-state index in [4.69, 9.17) is 5.73 Å². The van der Waals surface area contributed by atoms with Crippen LogP contribution < -0.4 is 36.8 Å². The number of anilines is 9. The quantitative estimate of drug-likeness (QED) is 0.138. The number of benzene rings is 8. The van der Waals surface area contributed by atoms with E-state index >= 15 is 0 Å². The Morgan fingerprint density at radius 2 is 1.06 bits per heavy atom. The molecule has 0 radical (unpaired) electrons. The molecule has 1 fully saturated rings. The second-order valence-corrected chi connectivity index (χ2v) is 22.4. The van der Waals surface area contributed by atoms with Crippen molar-refractivity contribution in [3.05, 3.63) is 193 Å². The van der Waals surface area contributed by atoms with E-state index in [1.165, 1.54) is 95.9 Å². The molecule has 8 aromatic rings. The Balaban J connectivity index is 1.21. The highest BCUT2D eigenvalue weighted by molar-refractivity contribution is 7.00. The molecule has 0 aromatic heterocycles. The van der Waals surface area contributed by atoms with E-state index < -0.39 is 0 Å². The summed E-state index contributed by atoms with van der Waals surface area (Å²) >= 11 is 0. The van der Waals surface area contributed by atoms with Gasteiger partial charge in [0, 0.05) is 56.6 Å². The molecular weight excluding hydrogens is 824 g/mol. The summed E-state index contributed by atoms with van der Waals surface area (Å²) in [5, 5.41) is 0. The van der Waals surface area contributed by atoms with Crippen LogP contribution in [0.1, 0.15) is 91.3 Å². The van der Waals surface area contributed by atoms with Crippen LogP contribution in [-0.4, -0.2) is 12.3 Å². The molecule has 1 saturated carbocycles. The molecule has 0 saturated heterocycles. The van der Waals surface area contributed by atoms with Gasteiger partial charge in [0.2, 0.25) is 0 Å². The molecule has 68 heavy (non-hydrogen) atoms. The number of rotatable bonds is 5. The van der Waals surface area contributed by atoms with Gasteiger partial charge < -0.3 is 20.4 Å². The Labute approximate surface area is 404 Å². The minimum absolute atomic E-state index is 0.0249. The first kappa shape index (κ1) is 42.4. The SMILES string of the molecule is CC(C)(C)c1ccc(N2c3ccc(C(C)(C)C)cc3B3c4ccc(-c5ccccc5)cc4N(c4cccc(-c5ccccc5)c4)c4cc(N5c6ccc(N)cc6C6(C)CCCC56C)cc2c43)cc1. The zero-order chi connectivity index (χ0) is 46.9. The summed E-state index contributed by atoms with van der Waals surface area (Å²) in [7, 11) is 0. The molecule has 3 heterocycles. The van der Waals surface area contributed by atoms with Gasteiger partial charge in [0.1, 0.15) is 0 Å². The highest BCUT2D eigenvalue weighted by atomic mass is 15.3. The number of nitrogen functional groups attached to an aromatic ring is 1. The number of hydrogen-bond donors (Lipinski definition) is 1. The van der Waals surface area contributed by atoms with E-state index in [1.54, 1.807) is 0 Å². The fraction of sp³-hybridized carbons (Fsp3) is 0.238. The number of nitrogens with zero attached hydrogens (tertiary/aromatic N) is 3. The summed E-state index contributed by atoms with van der Waals surface area (Å²) in [6.07, 6.45) is 3.39. The van der Waals surface area contributed by atoms with Crippen LogP contribution in [0.15, 0.2) is 176 Å². The van der Waals surface area contributed by atoms with E-state index in [0.29, 0.717) is 0 Å². The van der Waals surface area contributed by atoms with Gasteiger partial charge in [0.25, 0.3) is 6.71 Å². The monoisotopic (exact) mass is 884 g/mol. The van der Waals surface area contributed by atoms with Crippen molar-refractivity contribution in [3.8, 4) is 22.3 Å². The van der Waals surface area contributed by atoms with E-state index in [-0.39, 0.29) is 28.5 Å². The average Bonchev–Trinajstić information content (AvgIpc) is 3.74.